The summed E-state index contributed by atoms with van der Waals surface area (Å²) in [6.07, 6.45) is 2.41. The largest absolute Gasteiger partial charge is 0.480 e. The molecule has 0 aliphatic rings. The summed E-state index contributed by atoms with van der Waals surface area (Å²) in [4.78, 5) is 19.9. The molecule has 128 valence electrons. The summed E-state index contributed by atoms with van der Waals surface area (Å²) in [5, 5.41) is 8.54. The van der Waals surface area contributed by atoms with Gasteiger partial charge in [0.25, 0.3) is 0 Å². The van der Waals surface area contributed by atoms with Crippen LogP contribution in [0.5, 0.6) is 0 Å². The molecule has 0 rings (SSSR count). The van der Waals surface area contributed by atoms with Crippen molar-refractivity contribution in [3.8, 4) is 0 Å². The lowest BCUT2D eigenvalue weighted by atomic mass is 10.3. The number of aliphatic carboxylic acids is 1. The van der Waals surface area contributed by atoms with E-state index in [9.17, 15) is 14.3 Å². The number of hydrogen-bond acceptors (Lipinski definition) is 7. The van der Waals surface area contributed by atoms with Crippen LogP contribution in [0.2, 0.25) is 0 Å². The van der Waals surface area contributed by atoms with Crippen molar-refractivity contribution in [3.63, 3.8) is 0 Å². The molecule has 0 saturated heterocycles. The lowest BCUT2D eigenvalue weighted by Crippen LogP contribution is -2.34. The summed E-state index contributed by atoms with van der Waals surface area (Å²) in [5.41, 5.74) is 5.15. The molecule has 9 nitrogen and oxygen atoms in total. The van der Waals surface area contributed by atoms with Crippen LogP contribution in [0.15, 0.2) is 25.3 Å². The van der Waals surface area contributed by atoms with E-state index in [1.54, 1.807) is 6.08 Å². The normalized spacial score (nSPS) is 16.5. The van der Waals surface area contributed by atoms with E-state index >= 15 is 0 Å². The SMILES string of the molecule is C=CCOCC(COP(=O)(O)OCC(N)C(=O)O)OCC=C. The highest BCUT2D eigenvalue weighted by Crippen LogP contribution is 2.43. The molecule has 0 amide bonds. The third-order valence-corrected chi connectivity index (χ3v) is 3.10. The third kappa shape index (κ3) is 10.6. The van der Waals surface area contributed by atoms with Crippen LogP contribution in [0.4, 0.5) is 0 Å². The highest BCUT2D eigenvalue weighted by Gasteiger charge is 2.26. The van der Waals surface area contributed by atoms with Crippen LogP contribution < -0.4 is 5.73 Å². The number of phosphoric ester groups is 1. The second kappa shape index (κ2) is 11.5. The average Bonchev–Trinajstić information content (AvgIpc) is 2.47. The summed E-state index contributed by atoms with van der Waals surface area (Å²) in [5.74, 6) is -1.36. The maximum absolute atomic E-state index is 11.6. The number of carboxylic acid groups (broad SMARTS) is 1. The minimum Gasteiger partial charge on any atom is -0.480 e. The Bertz CT molecular complexity index is 403. The predicted molar refractivity (Wildman–Crippen MR) is 78.3 cm³/mol. The molecule has 0 radical (unpaired) electrons. The lowest BCUT2D eigenvalue weighted by Gasteiger charge is -2.19. The lowest BCUT2D eigenvalue weighted by molar-refractivity contribution is -0.139. The van der Waals surface area contributed by atoms with Crippen LogP contribution in [0.1, 0.15) is 0 Å². The molecule has 0 spiro atoms. The van der Waals surface area contributed by atoms with E-state index in [1.807, 2.05) is 0 Å². The quantitative estimate of drug-likeness (QED) is 0.232. The van der Waals surface area contributed by atoms with Crippen molar-refractivity contribution in [2.24, 2.45) is 5.73 Å². The van der Waals surface area contributed by atoms with Gasteiger partial charge in [-0.1, -0.05) is 12.2 Å². The smallest absolute Gasteiger partial charge is 0.472 e. The van der Waals surface area contributed by atoms with Crippen molar-refractivity contribution in [1.82, 2.24) is 0 Å². The number of phosphoric acid groups is 1. The molecule has 0 saturated carbocycles. The standard InChI is InChI=1S/C12H22NO8P/c1-3-5-18-7-10(19-6-4-2)8-20-22(16,17)21-9-11(13)12(14)15/h3-4,10-11H,1-2,5-9,13H2,(H,14,15)(H,16,17). The Hall–Kier alpha value is -1.06. The van der Waals surface area contributed by atoms with Crippen molar-refractivity contribution >= 4 is 13.8 Å². The number of ether oxygens (including phenoxy) is 2. The first-order valence-corrected chi connectivity index (χ1v) is 7.83. The molecule has 0 aromatic carbocycles. The molecule has 0 aromatic heterocycles. The predicted octanol–water partition coefficient (Wildman–Crippen LogP) is 0.306. The minimum absolute atomic E-state index is 0.106. The van der Waals surface area contributed by atoms with Gasteiger partial charge < -0.3 is 25.2 Å². The Balaban J connectivity index is 4.27. The van der Waals surface area contributed by atoms with E-state index in [2.05, 4.69) is 17.7 Å². The van der Waals surface area contributed by atoms with Gasteiger partial charge in [-0.2, -0.15) is 0 Å². The summed E-state index contributed by atoms with van der Waals surface area (Å²) in [7, 11) is -4.44. The summed E-state index contributed by atoms with van der Waals surface area (Å²) < 4.78 is 31.2. The highest BCUT2D eigenvalue weighted by atomic mass is 31.2. The topological polar surface area (TPSA) is 138 Å². The minimum atomic E-state index is -4.44. The van der Waals surface area contributed by atoms with Crippen LogP contribution in [0, 0.1) is 0 Å². The van der Waals surface area contributed by atoms with Gasteiger partial charge in [0.15, 0.2) is 0 Å². The maximum atomic E-state index is 11.6. The van der Waals surface area contributed by atoms with E-state index in [1.165, 1.54) is 6.08 Å². The maximum Gasteiger partial charge on any atom is 0.472 e. The Kier molecular flexibility index (Phi) is 10.9. The number of carbonyl (C=O) groups is 1. The second-order valence-corrected chi connectivity index (χ2v) is 5.53. The zero-order chi connectivity index (χ0) is 17.0. The first-order chi connectivity index (χ1) is 10.3. The Morgan fingerprint density at radius 1 is 1.18 bits per heavy atom. The van der Waals surface area contributed by atoms with Crippen molar-refractivity contribution < 1.29 is 37.9 Å². The van der Waals surface area contributed by atoms with E-state index in [0.29, 0.717) is 0 Å². The number of rotatable bonds is 14. The van der Waals surface area contributed by atoms with Gasteiger partial charge in [-0.15, -0.1) is 13.2 Å². The fourth-order valence-electron chi connectivity index (χ4n) is 1.09. The van der Waals surface area contributed by atoms with Crippen molar-refractivity contribution in [3.05, 3.63) is 25.3 Å². The van der Waals surface area contributed by atoms with Gasteiger partial charge in [-0.3, -0.25) is 13.8 Å². The molecule has 22 heavy (non-hydrogen) atoms. The van der Waals surface area contributed by atoms with Crippen molar-refractivity contribution in [2.45, 2.75) is 12.1 Å². The third-order valence-electron chi connectivity index (χ3n) is 2.15. The first kappa shape index (κ1) is 20.9. The number of hydrogen-bond donors (Lipinski definition) is 3. The Morgan fingerprint density at radius 2 is 1.77 bits per heavy atom. The van der Waals surface area contributed by atoms with Crippen LogP contribution >= 0.6 is 7.82 Å². The van der Waals surface area contributed by atoms with Gasteiger partial charge in [0.2, 0.25) is 0 Å². The Labute approximate surface area is 128 Å². The molecule has 0 aliphatic heterocycles. The zero-order valence-corrected chi connectivity index (χ0v) is 13.0. The van der Waals surface area contributed by atoms with Crippen LogP contribution in [0.25, 0.3) is 0 Å². The molecule has 0 heterocycles. The summed E-state index contributed by atoms with van der Waals surface area (Å²) in [6.45, 7) is 6.61. The second-order valence-electron chi connectivity index (χ2n) is 4.07. The fraction of sp³-hybridized carbons (Fsp3) is 0.583. The van der Waals surface area contributed by atoms with Gasteiger partial charge in [0.1, 0.15) is 12.1 Å². The first-order valence-electron chi connectivity index (χ1n) is 6.33. The Morgan fingerprint density at radius 3 is 2.32 bits per heavy atom. The number of carboxylic acids is 1. The van der Waals surface area contributed by atoms with Gasteiger partial charge in [0, 0.05) is 0 Å². The zero-order valence-electron chi connectivity index (χ0n) is 12.1. The molecule has 3 unspecified atom stereocenters. The van der Waals surface area contributed by atoms with Crippen molar-refractivity contribution in [2.75, 3.05) is 33.0 Å². The van der Waals surface area contributed by atoms with E-state index in [-0.39, 0.29) is 26.4 Å². The van der Waals surface area contributed by atoms with E-state index < -0.39 is 32.5 Å². The highest BCUT2D eigenvalue weighted by molar-refractivity contribution is 7.47. The fourth-order valence-corrected chi connectivity index (χ4v) is 1.87. The molecular formula is C12H22NO8P. The van der Waals surface area contributed by atoms with Crippen LogP contribution in [-0.4, -0.2) is 61.1 Å². The van der Waals surface area contributed by atoms with Crippen LogP contribution in [0.3, 0.4) is 0 Å². The van der Waals surface area contributed by atoms with Gasteiger partial charge in [-0.05, 0) is 0 Å². The summed E-state index contributed by atoms with van der Waals surface area (Å²) in [6, 6.07) is -1.42. The van der Waals surface area contributed by atoms with Crippen LogP contribution in [-0.2, 0) is 27.9 Å². The van der Waals surface area contributed by atoms with E-state index in [0.717, 1.165) is 0 Å². The van der Waals surface area contributed by atoms with Gasteiger partial charge >= 0.3 is 13.8 Å². The van der Waals surface area contributed by atoms with Gasteiger partial charge in [-0.25, -0.2) is 4.57 Å². The molecule has 0 bridgehead atoms. The molecule has 3 atom stereocenters. The molecule has 10 heteroatoms. The van der Waals surface area contributed by atoms with Crippen molar-refractivity contribution in [1.29, 1.82) is 0 Å². The molecular weight excluding hydrogens is 317 g/mol. The molecule has 0 fully saturated rings. The van der Waals surface area contributed by atoms with Gasteiger partial charge in [0.05, 0.1) is 33.0 Å². The summed E-state index contributed by atoms with van der Waals surface area (Å²) >= 11 is 0. The van der Waals surface area contributed by atoms with E-state index in [4.69, 9.17) is 24.8 Å². The average molecular weight is 339 g/mol. The number of nitrogens with two attached hydrogens (primary N) is 1. The monoisotopic (exact) mass is 339 g/mol. The molecule has 0 aliphatic carbocycles. The molecule has 4 N–H and O–H groups in total. The molecule has 0 aromatic rings.